The molecule has 1 aliphatic rings. The largest absolute Gasteiger partial charge is 0.399 e. The Balaban J connectivity index is 2.29. The molecule has 1 fully saturated rings. The first-order valence-corrected chi connectivity index (χ1v) is 7.58. The Morgan fingerprint density at radius 2 is 2.19 bits per heavy atom. The number of aliphatic hydroxyl groups is 1. The fraction of sp³-hybridized carbons (Fsp3) is 0.562. The Morgan fingerprint density at radius 3 is 2.90 bits per heavy atom. The number of carbonyl (C=O) groups excluding carboxylic acids is 1. The fourth-order valence-corrected chi connectivity index (χ4v) is 2.76. The zero-order valence-corrected chi connectivity index (χ0v) is 12.9. The van der Waals surface area contributed by atoms with Crippen LogP contribution in [0.3, 0.4) is 0 Å². The highest BCUT2D eigenvalue weighted by Gasteiger charge is 2.26. The highest BCUT2D eigenvalue weighted by molar-refractivity contribution is 6.00. The van der Waals surface area contributed by atoms with Crippen molar-refractivity contribution in [2.45, 2.75) is 38.7 Å². The van der Waals surface area contributed by atoms with Crippen LogP contribution in [-0.4, -0.2) is 36.2 Å². The summed E-state index contributed by atoms with van der Waals surface area (Å²) in [6.45, 7) is 5.92. The topological polar surface area (TPSA) is 78.6 Å². The van der Waals surface area contributed by atoms with E-state index < -0.39 is 5.60 Å². The molecule has 5 heteroatoms. The number of benzene rings is 1. The van der Waals surface area contributed by atoms with Crippen molar-refractivity contribution in [2.75, 3.05) is 30.3 Å². The number of rotatable bonds is 3. The maximum atomic E-state index is 12.2. The molecule has 0 aliphatic carbocycles. The lowest BCUT2D eigenvalue weighted by Crippen LogP contribution is -2.31. The second kappa shape index (κ2) is 6.35. The molecule has 1 unspecified atom stereocenters. The fourth-order valence-electron chi connectivity index (χ4n) is 2.76. The number of anilines is 2. The van der Waals surface area contributed by atoms with E-state index >= 15 is 0 Å². The molecule has 0 radical (unpaired) electrons. The van der Waals surface area contributed by atoms with Crippen molar-refractivity contribution in [3.05, 3.63) is 23.8 Å². The quantitative estimate of drug-likeness (QED) is 0.742. The third-order valence-electron chi connectivity index (χ3n) is 4.01. The van der Waals surface area contributed by atoms with E-state index in [-0.39, 0.29) is 5.91 Å². The van der Waals surface area contributed by atoms with Gasteiger partial charge in [0.2, 0.25) is 0 Å². The van der Waals surface area contributed by atoms with Crippen molar-refractivity contribution in [3.63, 3.8) is 0 Å². The second-order valence-corrected chi connectivity index (χ2v) is 5.97. The first-order valence-electron chi connectivity index (χ1n) is 7.58. The number of carbonyl (C=O) groups is 1. The van der Waals surface area contributed by atoms with Gasteiger partial charge in [-0.25, -0.2) is 0 Å². The first kappa shape index (κ1) is 15.6. The Morgan fingerprint density at radius 1 is 1.43 bits per heavy atom. The van der Waals surface area contributed by atoms with Gasteiger partial charge in [0.1, 0.15) is 0 Å². The van der Waals surface area contributed by atoms with Crippen LogP contribution in [0.5, 0.6) is 0 Å². The number of nitrogen functional groups attached to an aromatic ring is 1. The lowest BCUT2D eigenvalue weighted by Gasteiger charge is -2.26. The molecule has 1 aromatic rings. The van der Waals surface area contributed by atoms with Gasteiger partial charge >= 0.3 is 0 Å². The molecule has 1 heterocycles. The standard InChI is InChI=1S/C16H25N3O2/c1-3-18-15(20)13-6-5-12(17)11-14(13)19-9-4-7-16(2,21)8-10-19/h5-6,11,21H,3-4,7-10,17H2,1-2H3,(H,18,20). The Bertz CT molecular complexity index is 514. The monoisotopic (exact) mass is 291 g/mol. The van der Waals surface area contributed by atoms with Crippen molar-refractivity contribution in [1.82, 2.24) is 5.32 Å². The van der Waals surface area contributed by atoms with E-state index in [2.05, 4.69) is 10.2 Å². The Kier molecular flexibility index (Phi) is 4.73. The van der Waals surface area contributed by atoms with E-state index in [4.69, 9.17) is 5.73 Å². The predicted molar refractivity (Wildman–Crippen MR) is 85.5 cm³/mol. The van der Waals surface area contributed by atoms with Crippen LogP contribution >= 0.6 is 0 Å². The molecule has 1 aliphatic heterocycles. The third-order valence-corrected chi connectivity index (χ3v) is 4.01. The minimum absolute atomic E-state index is 0.0801. The lowest BCUT2D eigenvalue weighted by molar-refractivity contribution is 0.0481. The molecule has 1 atom stereocenters. The van der Waals surface area contributed by atoms with Crippen molar-refractivity contribution < 1.29 is 9.90 Å². The molecular weight excluding hydrogens is 266 g/mol. The number of nitrogens with one attached hydrogen (secondary N) is 1. The summed E-state index contributed by atoms with van der Waals surface area (Å²) in [5, 5.41) is 13.0. The molecule has 1 saturated heterocycles. The average Bonchev–Trinajstić information content (AvgIpc) is 2.60. The molecule has 2 rings (SSSR count). The van der Waals surface area contributed by atoms with E-state index in [1.54, 1.807) is 12.1 Å². The lowest BCUT2D eigenvalue weighted by atomic mass is 9.98. The van der Waals surface area contributed by atoms with Gasteiger partial charge in [-0.15, -0.1) is 0 Å². The molecule has 1 amide bonds. The maximum absolute atomic E-state index is 12.2. The van der Waals surface area contributed by atoms with Gasteiger partial charge in [0.25, 0.3) is 5.91 Å². The zero-order chi connectivity index (χ0) is 15.5. The van der Waals surface area contributed by atoms with Crippen molar-refractivity contribution in [2.24, 2.45) is 0 Å². The van der Waals surface area contributed by atoms with Gasteiger partial charge in [-0.2, -0.15) is 0 Å². The molecule has 0 spiro atoms. The summed E-state index contributed by atoms with van der Waals surface area (Å²) < 4.78 is 0. The number of nitrogens with two attached hydrogens (primary N) is 1. The summed E-state index contributed by atoms with van der Waals surface area (Å²) in [5.74, 6) is -0.0801. The highest BCUT2D eigenvalue weighted by atomic mass is 16.3. The molecule has 21 heavy (non-hydrogen) atoms. The summed E-state index contributed by atoms with van der Waals surface area (Å²) in [6, 6.07) is 5.38. The molecule has 0 aromatic heterocycles. The molecule has 116 valence electrons. The molecule has 1 aromatic carbocycles. The number of amides is 1. The van der Waals surface area contributed by atoms with Crippen LogP contribution in [0.15, 0.2) is 18.2 Å². The summed E-state index contributed by atoms with van der Waals surface area (Å²) in [7, 11) is 0. The average molecular weight is 291 g/mol. The van der Waals surface area contributed by atoms with Crippen molar-refractivity contribution in [1.29, 1.82) is 0 Å². The van der Waals surface area contributed by atoms with Crippen LogP contribution in [0.25, 0.3) is 0 Å². The van der Waals surface area contributed by atoms with E-state index in [0.717, 1.165) is 31.6 Å². The van der Waals surface area contributed by atoms with E-state index in [1.807, 2.05) is 19.9 Å². The van der Waals surface area contributed by atoms with E-state index in [0.29, 0.717) is 24.2 Å². The summed E-state index contributed by atoms with van der Waals surface area (Å²) in [4.78, 5) is 14.4. The van der Waals surface area contributed by atoms with Crippen LogP contribution < -0.4 is 16.0 Å². The molecular formula is C16H25N3O2. The smallest absolute Gasteiger partial charge is 0.253 e. The summed E-state index contributed by atoms with van der Waals surface area (Å²) in [5.41, 5.74) is 7.42. The van der Waals surface area contributed by atoms with Gasteiger partial charge in [-0.05, 0) is 51.3 Å². The van der Waals surface area contributed by atoms with Crippen LogP contribution in [0.4, 0.5) is 11.4 Å². The summed E-state index contributed by atoms with van der Waals surface area (Å²) in [6.07, 6.45) is 2.37. The molecule has 5 nitrogen and oxygen atoms in total. The van der Waals surface area contributed by atoms with Crippen LogP contribution in [0.1, 0.15) is 43.5 Å². The van der Waals surface area contributed by atoms with Gasteiger partial charge in [0.15, 0.2) is 0 Å². The van der Waals surface area contributed by atoms with Crippen LogP contribution in [0, 0.1) is 0 Å². The maximum Gasteiger partial charge on any atom is 0.253 e. The first-order chi connectivity index (χ1) is 9.93. The van der Waals surface area contributed by atoms with Gasteiger partial charge in [0, 0.05) is 25.3 Å². The highest BCUT2D eigenvalue weighted by Crippen LogP contribution is 2.29. The number of hydrogen-bond acceptors (Lipinski definition) is 4. The van der Waals surface area contributed by atoms with Crippen LogP contribution in [0.2, 0.25) is 0 Å². The van der Waals surface area contributed by atoms with Crippen LogP contribution in [-0.2, 0) is 0 Å². The van der Waals surface area contributed by atoms with Gasteiger partial charge in [-0.1, -0.05) is 0 Å². The van der Waals surface area contributed by atoms with Gasteiger partial charge < -0.3 is 21.1 Å². The second-order valence-electron chi connectivity index (χ2n) is 5.97. The third kappa shape index (κ3) is 3.88. The predicted octanol–water partition coefficient (Wildman–Crippen LogP) is 1.76. The number of nitrogens with zero attached hydrogens (tertiary/aromatic N) is 1. The van der Waals surface area contributed by atoms with Gasteiger partial charge in [-0.3, -0.25) is 4.79 Å². The minimum atomic E-state index is -0.624. The van der Waals surface area contributed by atoms with Gasteiger partial charge in [0.05, 0.1) is 16.9 Å². The Labute approximate surface area is 126 Å². The number of hydrogen-bond donors (Lipinski definition) is 3. The minimum Gasteiger partial charge on any atom is -0.399 e. The molecule has 0 saturated carbocycles. The van der Waals surface area contributed by atoms with Crippen molar-refractivity contribution >= 4 is 17.3 Å². The normalized spacial score (nSPS) is 22.7. The molecule has 4 N–H and O–H groups in total. The van der Waals surface area contributed by atoms with E-state index in [9.17, 15) is 9.90 Å². The Hall–Kier alpha value is -1.75. The SMILES string of the molecule is CCNC(=O)c1ccc(N)cc1N1CCCC(C)(O)CC1. The van der Waals surface area contributed by atoms with Crippen molar-refractivity contribution in [3.8, 4) is 0 Å². The molecule has 0 bridgehead atoms. The van der Waals surface area contributed by atoms with E-state index in [1.165, 1.54) is 0 Å². The zero-order valence-electron chi connectivity index (χ0n) is 12.9. The summed E-state index contributed by atoms with van der Waals surface area (Å²) >= 11 is 0.